The van der Waals surface area contributed by atoms with Crippen molar-refractivity contribution in [3.8, 4) is 0 Å². The number of rotatable bonds is 3. The lowest BCUT2D eigenvalue weighted by atomic mass is 10.2. The Morgan fingerprint density at radius 1 is 1.25 bits per heavy atom. The van der Waals surface area contributed by atoms with Gasteiger partial charge in [0.25, 0.3) is 5.91 Å². The van der Waals surface area contributed by atoms with E-state index in [4.69, 9.17) is 4.74 Å². The Morgan fingerprint density at radius 2 is 2.04 bits per heavy atom. The molecule has 0 saturated carbocycles. The summed E-state index contributed by atoms with van der Waals surface area (Å²) in [6, 6.07) is 8.89. The van der Waals surface area contributed by atoms with Crippen molar-refractivity contribution in [1.29, 1.82) is 0 Å². The van der Waals surface area contributed by atoms with Gasteiger partial charge in [0.2, 0.25) is 0 Å². The maximum absolute atomic E-state index is 12.3. The minimum atomic E-state index is -0.353. The number of esters is 1. The maximum atomic E-state index is 12.3. The van der Waals surface area contributed by atoms with Gasteiger partial charge in [-0.1, -0.05) is 11.3 Å². The summed E-state index contributed by atoms with van der Waals surface area (Å²) in [5, 5.41) is 0. The molecule has 0 spiro atoms. The van der Waals surface area contributed by atoms with E-state index in [1.807, 2.05) is 23.7 Å². The van der Waals surface area contributed by atoms with Gasteiger partial charge in [-0.15, -0.1) is 11.3 Å². The summed E-state index contributed by atoms with van der Waals surface area (Å²) in [5.74, 6) is -0.632. The van der Waals surface area contributed by atoms with Gasteiger partial charge >= 0.3 is 5.97 Å². The van der Waals surface area contributed by atoms with Gasteiger partial charge < -0.3 is 9.30 Å². The first-order chi connectivity index (χ1) is 11.5. The van der Waals surface area contributed by atoms with Crippen molar-refractivity contribution in [1.82, 2.24) is 4.57 Å². The molecule has 0 atom stereocenters. The van der Waals surface area contributed by atoms with Crippen LogP contribution < -0.4 is 4.80 Å². The number of benzene rings is 1. The fourth-order valence-corrected chi connectivity index (χ4v) is 4.48. The van der Waals surface area contributed by atoms with E-state index in [9.17, 15) is 9.59 Å². The van der Waals surface area contributed by atoms with Crippen LogP contribution in [0.3, 0.4) is 0 Å². The second kappa shape index (κ2) is 7.00. The average molecular weight is 425 g/mol. The smallest absolute Gasteiger partial charge is 0.338 e. The van der Waals surface area contributed by atoms with Crippen molar-refractivity contribution < 1.29 is 14.3 Å². The van der Waals surface area contributed by atoms with Crippen LogP contribution in [-0.4, -0.2) is 23.1 Å². The molecule has 0 saturated heterocycles. The van der Waals surface area contributed by atoms with Crippen molar-refractivity contribution in [2.24, 2.45) is 12.0 Å². The van der Waals surface area contributed by atoms with Crippen LogP contribution in [0.15, 0.2) is 39.1 Å². The highest BCUT2D eigenvalue weighted by Gasteiger charge is 2.12. The molecule has 124 valence electrons. The summed E-state index contributed by atoms with van der Waals surface area (Å²) in [6.45, 7) is 2.10. The van der Waals surface area contributed by atoms with E-state index in [-0.39, 0.29) is 11.9 Å². The molecular formula is C16H13BrN2O3S2. The molecule has 2 heterocycles. The molecule has 0 aliphatic heterocycles. The van der Waals surface area contributed by atoms with Gasteiger partial charge in [-0.05, 0) is 53.2 Å². The van der Waals surface area contributed by atoms with Crippen molar-refractivity contribution in [3.63, 3.8) is 0 Å². The van der Waals surface area contributed by atoms with E-state index in [1.54, 1.807) is 25.1 Å². The number of fused-ring (bicyclic) bond motifs is 1. The Hall–Kier alpha value is -1.77. The number of carbonyl (C=O) groups excluding carboxylic acids is 2. The molecule has 0 aliphatic rings. The van der Waals surface area contributed by atoms with Crippen LogP contribution >= 0.6 is 38.6 Å². The van der Waals surface area contributed by atoms with Crippen LogP contribution in [0.1, 0.15) is 27.0 Å². The fourth-order valence-electron chi connectivity index (χ4n) is 2.15. The van der Waals surface area contributed by atoms with Crippen LogP contribution in [0, 0.1) is 0 Å². The van der Waals surface area contributed by atoms with Crippen molar-refractivity contribution in [2.45, 2.75) is 6.92 Å². The van der Waals surface area contributed by atoms with E-state index < -0.39 is 0 Å². The van der Waals surface area contributed by atoms with Crippen LogP contribution in [0.25, 0.3) is 10.2 Å². The number of hydrogen-bond donors (Lipinski definition) is 0. The number of ether oxygens (including phenoxy) is 1. The fraction of sp³-hybridized carbons (Fsp3) is 0.188. The summed E-state index contributed by atoms with van der Waals surface area (Å²) in [6.07, 6.45) is 0. The monoisotopic (exact) mass is 424 g/mol. The molecular weight excluding hydrogens is 412 g/mol. The number of aromatic nitrogens is 1. The van der Waals surface area contributed by atoms with E-state index in [0.717, 1.165) is 14.0 Å². The summed E-state index contributed by atoms with van der Waals surface area (Å²) in [7, 11) is 1.85. The number of carbonyl (C=O) groups is 2. The zero-order chi connectivity index (χ0) is 17.3. The van der Waals surface area contributed by atoms with E-state index in [2.05, 4.69) is 20.9 Å². The predicted octanol–water partition coefficient (Wildman–Crippen LogP) is 3.98. The highest BCUT2D eigenvalue weighted by atomic mass is 79.9. The molecule has 3 aromatic rings. The number of halogens is 1. The van der Waals surface area contributed by atoms with Gasteiger partial charge in [-0.25, -0.2) is 4.79 Å². The third kappa shape index (κ3) is 3.35. The molecule has 0 N–H and O–H groups in total. The van der Waals surface area contributed by atoms with Crippen LogP contribution in [0.4, 0.5) is 0 Å². The second-order valence-corrected chi connectivity index (χ2v) is 8.34. The quantitative estimate of drug-likeness (QED) is 0.597. The molecule has 5 nitrogen and oxygen atoms in total. The van der Waals surface area contributed by atoms with Crippen molar-refractivity contribution in [2.75, 3.05) is 6.61 Å². The Labute approximate surface area is 154 Å². The van der Waals surface area contributed by atoms with Crippen LogP contribution in [0.5, 0.6) is 0 Å². The Bertz CT molecular complexity index is 1000. The second-order valence-electron chi connectivity index (χ2n) is 4.87. The summed E-state index contributed by atoms with van der Waals surface area (Å²) < 4.78 is 8.63. The minimum absolute atomic E-state index is 0.279. The SMILES string of the molecule is CCOC(=O)c1ccc2c(c1)s/c(=N\C(=O)c1ccc(Br)s1)n2C. The first-order valence-corrected chi connectivity index (χ1v) is 9.53. The summed E-state index contributed by atoms with van der Waals surface area (Å²) in [5.41, 5.74) is 1.40. The van der Waals surface area contributed by atoms with E-state index in [1.165, 1.54) is 22.7 Å². The summed E-state index contributed by atoms with van der Waals surface area (Å²) >= 11 is 6.05. The van der Waals surface area contributed by atoms with Gasteiger partial charge in [0.1, 0.15) is 0 Å². The zero-order valence-corrected chi connectivity index (χ0v) is 16.1. The third-order valence-electron chi connectivity index (χ3n) is 3.30. The zero-order valence-electron chi connectivity index (χ0n) is 12.9. The molecule has 8 heteroatoms. The summed E-state index contributed by atoms with van der Waals surface area (Å²) in [4.78, 5) is 29.5. The average Bonchev–Trinajstić information content (AvgIpc) is 3.12. The molecule has 0 radical (unpaired) electrons. The standard InChI is InChI=1S/C16H13BrN2O3S2/c1-3-22-15(21)9-4-5-10-12(8-9)24-16(19(10)2)18-14(20)11-6-7-13(17)23-11/h4-8H,3H2,1-2H3/b18-16-. The Kier molecular flexibility index (Phi) is 4.98. The van der Waals surface area contributed by atoms with Gasteiger partial charge in [0, 0.05) is 7.05 Å². The predicted molar refractivity (Wildman–Crippen MR) is 98.7 cm³/mol. The molecule has 2 aromatic heterocycles. The molecule has 1 aromatic carbocycles. The van der Waals surface area contributed by atoms with Gasteiger partial charge in [0.05, 0.1) is 31.1 Å². The first kappa shape index (κ1) is 17.1. The topological polar surface area (TPSA) is 60.7 Å². The maximum Gasteiger partial charge on any atom is 0.338 e. The highest BCUT2D eigenvalue weighted by molar-refractivity contribution is 9.11. The van der Waals surface area contributed by atoms with Gasteiger partial charge in [0.15, 0.2) is 4.80 Å². The highest BCUT2D eigenvalue weighted by Crippen LogP contribution is 2.23. The number of nitrogens with zero attached hydrogens (tertiary/aromatic N) is 2. The lowest BCUT2D eigenvalue weighted by molar-refractivity contribution is 0.0526. The number of hydrogen-bond acceptors (Lipinski definition) is 5. The van der Waals surface area contributed by atoms with Crippen molar-refractivity contribution in [3.05, 3.63) is 49.4 Å². The molecule has 0 unspecified atom stereocenters. The minimum Gasteiger partial charge on any atom is -0.462 e. The number of amides is 1. The largest absolute Gasteiger partial charge is 0.462 e. The Balaban J connectivity index is 2.03. The molecule has 3 rings (SSSR count). The molecule has 24 heavy (non-hydrogen) atoms. The van der Waals surface area contributed by atoms with Crippen LogP contribution in [-0.2, 0) is 11.8 Å². The van der Waals surface area contributed by atoms with E-state index >= 15 is 0 Å². The van der Waals surface area contributed by atoms with E-state index in [0.29, 0.717) is 21.8 Å². The van der Waals surface area contributed by atoms with Gasteiger partial charge in [-0.3, -0.25) is 4.79 Å². The lowest BCUT2D eigenvalue weighted by Gasteiger charge is -2.01. The van der Waals surface area contributed by atoms with Crippen molar-refractivity contribution >= 4 is 60.7 Å². The molecule has 0 fully saturated rings. The Morgan fingerprint density at radius 3 is 2.71 bits per heavy atom. The molecule has 0 bridgehead atoms. The van der Waals surface area contributed by atoms with Gasteiger partial charge in [-0.2, -0.15) is 4.99 Å². The lowest BCUT2D eigenvalue weighted by Crippen LogP contribution is -2.12. The first-order valence-electron chi connectivity index (χ1n) is 7.10. The van der Waals surface area contributed by atoms with Crippen LogP contribution in [0.2, 0.25) is 0 Å². The molecule has 0 aliphatic carbocycles. The number of aryl methyl sites for hydroxylation is 1. The normalized spacial score (nSPS) is 11.9. The third-order valence-corrected chi connectivity index (χ3v) is 6.01. The number of thiazole rings is 1. The molecule has 1 amide bonds. The number of thiophene rings is 1.